The number of carbonyl (C=O) groups excluding carboxylic acids is 1. The zero-order valence-electron chi connectivity index (χ0n) is 18.0. The summed E-state index contributed by atoms with van der Waals surface area (Å²) in [5, 5.41) is 13.1. The molecule has 4 nitrogen and oxygen atoms in total. The van der Waals surface area contributed by atoms with Gasteiger partial charge in [-0.1, -0.05) is 0 Å². The van der Waals surface area contributed by atoms with Crippen LogP contribution >= 0.6 is 0 Å². The average molecular weight is 428 g/mol. The molecular formula is C27H26FN3O. The Kier molecular flexibility index (Phi) is 5.38. The van der Waals surface area contributed by atoms with Gasteiger partial charge in [0.05, 0.1) is 17.1 Å². The molecule has 2 fully saturated rings. The number of nitriles is 1. The molecule has 1 N–H and O–H groups in total. The second kappa shape index (κ2) is 8.35. The monoisotopic (exact) mass is 427 g/mol. The maximum absolute atomic E-state index is 13.8. The Morgan fingerprint density at radius 3 is 2.53 bits per heavy atom. The number of nitrogens with one attached hydrogen (secondary N) is 1. The molecule has 0 saturated heterocycles. The standard InChI is InChI=1S/C27H26FN3O/c28-22-9-10-25-24(15-22)23(11-14-30-25)20-5-1-18(2-6-20)16-27(12-13-27)31-26(32)21-7-3-19(17-29)4-8-21/h3-4,7-11,14-15,18,20H,1-2,5-6,12-13,16H2,(H,31,32). The van der Waals surface area contributed by atoms with Crippen LogP contribution in [0.25, 0.3) is 10.9 Å². The van der Waals surface area contributed by atoms with Gasteiger partial charge in [-0.15, -0.1) is 0 Å². The Hall–Kier alpha value is -3.26. The Balaban J connectivity index is 1.20. The van der Waals surface area contributed by atoms with Gasteiger partial charge in [0.2, 0.25) is 0 Å². The van der Waals surface area contributed by atoms with Gasteiger partial charge in [-0.05, 0) is 111 Å². The summed E-state index contributed by atoms with van der Waals surface area (Å²) in [4.78, 5) is 17.1. The van der Waals surface area contributed by atoms with Crippen LogP contribution in [0.3, 0.4) is 0 Å². The SMILES string of the molecule is N#Cc1ccc(C(=O)NC2(CC3CCC(c4ccnc5ccc(F)cc45)CC3)CC2)cc1. The van der Waals surface area contributed by atoms with E-state index in [9.17, 15) is 9.18 Å². The van der Waals surface area contributed by atoms with Crippen LogP contribution in [0, 0.1) is 23.1 Å². The molecule has 5 rings (SSSR count). The maximum atomic E-state index is 13.8. The highest BCUT2D eigenvalue weighted by molar-refractivity contribution is 5.95. The molecule has 2 aromatic carbocycles. The van der Waals surface area contributed by atoms with E-state index in [4.69, 9.17) is 5.26 Å². The highest BCUT2D eigenvalue weighted by Gasteiger charge is 2.45. The van der Waals surface area contributed by atoms with Gasteiger partial charge in [-0.25, -0.2) is 4.39 Å². The van der Waals surface area contributed by atoms with Crippen LogP contribution in [0.1, 0.15) is 72.3 Å². The summed E-state index contributed by atoms with van der Waals surface area (Å²) in [6.07, 6.45) is 9.33. The molecule has 32 heavy (non-hydrogen) atoms. The van der Waals surface area contributed by atoms with E-state index in [1.165, 1.54) is 11.6 Å². The molecule has 2 aliphatic rings. The van der Waals surface area contributed by atoms with Crippen LogP contribution in [0.5, 0.6) is 0 Å². The Morgan fingerprint density at radius 1 is 1.09 bits per heavy atom. The molecule has 2 aliphatic carbocycles. The lowest BCUT2D eigenvalue weighted by Crippen LogP contribution is -2.38. The van der Waals surface area contributed by atoms with Crippen LogP contribution in [0.15, 0.2) is 54.7 Å². The van der Waals surface area contributed by atoms with Gasteiger partial charge in [0.1, 0.15) is 5.82 Å². The lowest BCUT2D eigenvalue weighted by atomic mass is 9.75. The summed E-state index contributed by atoms with van der Waals surface area (Å²) in [5.74, 6) is 0.766. The average Bonchev–Trinajstić information content (AvgIpc) is 3.58. The third kappa shape index (κ3) is 4.23. The molecule has 0 aliphatic heterocycles. The first-order valence-corrected chi connectivity index (χ1v) is 11.4. The number of benzene rings is 2. The number of hydrogen-bond donors (Lipinski definition) is 1. The summed E-state index contributed by atoms with van der Waals surface area (Å²) in [7, 11) is 0. The smallest absolute Gasteiger partial charge is 0.251 e. The van der Waals surface area contributed by atoms with Crippen molar-refractivity contribution in [1.29, 1.82) is 5.26 Å². The maximum Gasteiger partial charge on any atom is 0.251 e. The zero-order chi connectivity index (χ0) is 22.1. The predicted octanol–water partition coefficient (Wildman–Crippen LogP) is 5.87. The van der Waals surface area contributed by atoms with Crippen molar-refractivity contribution in [3.05, 3.63) is 77.2 Å². The van der Waals surface area contributed by atoms with E-state index in [0.29, 0.717) is 23.0 Å². The van der Waals surface area contributed by atoms with E-state index in [1.807, 2.05) is 12.3 Å². The van der Waals surface area contributed by atoms with Gasteiger partial charge in [-0.2, -0.15) is 5.26 Å². The number of nitrogens with zero attached hydrogens (tertiary/aromatic N) is 2. The molecule has 3 aromatic rings. The van der Waals surface area contributed by atoms with Crippen molar-refractivity contribution in [2.24, 2.45) is 5.92 Å². The quantitative estimate of drug-likeness (QED) is 0.554. The van der Waals surface area contributed by atoms with Crippen molar-refractivity contribution >= 4 is 16.8 Å². The van der Waals surface area contributed by atoms with E-state index >= 15 is 0 Å². The Morgan fingerprint density at radius 2 is 1.84 bits per heavy atom. The summed E-state index contributed by atoms with van der Waals surface area (Å²) in [5.41, 5.74) is 3.16. The molecule has 1 heterocycles. The van der Waals surface area contributed by atoms with Crippen molar-refractivity contribution in [3.63, 3.8) is 0 Å². The van der Waals surface area contributed by atoms with Gasteiger partial charge in [0.15, 0.2) is 0 Å². The minimum Gasteiger partial charge on any atom is -0.347 e. The van der Waals surface area contributed by atoms with Gasteiger partial charge in [-0.3, -0.25) is 9.78 Å². The largest absolute Gasteiger partial charge is 0.347 e. The highest BCUT2D eigenvalue weighted by atomic mass is 19.1. The fourth-order valence-corrected chi connectivity index (χ4v) is 5.27. The minimum atomic E-state index is -0.214. The second-order valence-corrected chi connectivity index (χ2v) is 9.41. The third-order valence-corrected chi connectivity index (χ3v) is 7.21. The number of halogens is 1. The molecular weight excluding hydrogens is 401 g/mol. The number of aromatic nitrogens is 1. The van der Waals surface area contributed by atoms with E-state index in [2.05, 4.69) is 16.4 Å². The van der Waals surface area contributed by atoms with Crippen molar-refractivity contribution in [2.45, 2.75) is 56.4 Å². The van der Waals surface area contributed by atoms with E-state index in [1.54, 1.807) is 36.4 Å². The van der Waals surface area contributed by atoms with Gasteiger partial charge < -0.3 is 5.32 Å². The first-order chi connectivity index (χ1) is 15.5. The number of carbonyl (C=O) groups is 1. The summed E-state index contributed by atoms with van der Waals surface area (Å²) >= 11 is 0. The van der Waals surface area contributed by atoms with Gasteiger partial charge in [0.25, 0.3) is 5.91 Å². The van der Waals surface area contributed by atoms with E-state index < -0.39 is 0 Å². The Labute approximate surface area is 187 Å². The normalized spacial score (nSPS) is 21.6. The molecule has 1 amide bonds. The molecule has 0 spiro atoms. The first-order valence-electron chi connectivity index (χ1n) is 11.4. The topological polar surface area (TPSA) is 65.8 Å². The van der Waals surface area contributed by atoms with Crippen LogP contribution in [0.2, 0.25) is 0 Å². The van der Waals surface area contributed by atoms with E-state index in [-0.39, 0.29) is 17.3 Å². The number of amides is 1. The van der Waals surface area contributed by atoms with Crippen molar-refractivity contribution < 1.29 is 9.18 Å². The molecule has 1 aromatic heterocycles. The summed E-state index contributed by atoms with van der Waals surface area (Å²) in [6, 6.07) is 15.8. The van der Waals surface area contributed by atoms with Crippen molar-refractivity contribution in [3.8, 4) is 6.07 Å². The molecule has 0 unspecified atom stereocenters. The van der Waals surface area contributed by atoms with Crippen LogP contribution < -0.4 is 5.32 Å². The molecule has 0 atom stereocenters. The van der Waals surface area contributed by atoms with Gasteiger partial charge >= 0.3 is 0 Å². The number of rotatable bonds is 5. The first kappa shape index (κ1) is 20.6. The lowest BCUT2D eigenvalue weighted by molar-refractivity contribution is 0.0921. The lowest BCUT2D eigenvalue weighted by Gasteiger charge is -2.32. The molecule has 0 radical (unpaired) electrons. The van der Waals surface area contributed by atoms with Gasteiger partial charge in [0, 0.05) is 22.7 Å². The molecule has 162 valence electrons. The second-order valence-electron chi connectivity index (χ2n) is 9.41. The zero-order valence-corrected chi connectivity index (χ0v) is 18.0. The summed E-state index contributed by atoms with van der Waals surface area (Å²) < 4.78 is 13.8. The number of fused-ring (bicyclic) bond motifs is 1. The molecule has 5 heteroatoms. The van der Waals surface area contributed by atoms with Crippen LogP contribution in [-0.2, 0) is 0 Å². The van der Waals surface area contributed by atoms with E-state index in [0.717, 1.165) is 55.8 Å². The third-order valence-electron chi connectivity index (χ3n) is 7.21. The van der Waals surface area contributed by atoms with Crippen LogP contribution in [-0.4, -0.2) is 16.4 Å². The fourth-order valence-electron chi connectivity index (χ4n) is 5.27. The summed E-state index contributed by atoms with van der Waals surface area (Å²) in [6.45, 7) is 0. The number of hydrogen-bond acceptors (Lipinski definition) is 3. The Bertz CT molecular complexity index is 1190. The molecule has 0 bridgehead atoms. The molecule has 2 saturated carbocycles. The fraction of sp³-hybridized carbons (Fsp3) is 0.370. The number of pyridine rings is 1. The minimum absolute atomic E-state index is 0.0500. The van der Waals surface area contributed by atoms with Crippen molar-refractivity contribution in [1.82, 2.24) is 10.3 Å². The van der Waals surface area contributed by atoms with Crippen molar-refractivity contribution in [2.75, 3.05) is 0 Å². The predicted molar refractivity (Wildman–Crippen MR) is 122 cm³/mol. The highest BCUT2D eigenvalue weighted by Crippen LogP contribution is 2.47. The van der Waals surface area contributed by atoms with Crippen LogP contribution in [0.4, 0.5) is 4.39 Å².